The average Bonchev–Trinajstić information content (AvgIpc) is 2.21. The first-order chi connectivity index (χ1) is 7.70. The highest BCUT2D eigenvalue weighted by Crippen LogP contribution is 2.38. The predicted octanol–water partition coefficient (Wildman–Crippen LogP) is 3.24. The monoisotopic (exact) mass is 259 g/mol. The summed E-state index contributed by atoms with van der Waals surface area (Å²) in [6.07, 6.45) is 4.86. The number of rotatable bonds is 3. The Hall–Kier alpha value is -0.0600. The summed E-state index contributed by atoms with van der Waals surface area (Å²) in [6.45, 7) is 10.6. The van der Waals surface area contributed by atoms with Gasteiger partial charge >= 0.3 is 0 Å². The minimum Gasteiger partial charge on any atom is -0.286 e. The van der Waals surface area contributed by atoms with Gasteiger partial charge in [-0.2, -0.15) is 5.06 Å². The minimum atomic E-state index is -0.373. The Morgan fingerprint density at radius 2 is 1.71 bits per heavy atom. The normalized spacial score (nSPS) is 25.5. The van der Waals surface area contributed by atoms with E-state index >= 15 is 0 Å². The fourth-order valence-electron chi connectivity index (χ4n) is 2.63. The summed E-state index contributed by atoms with van der Waals surface area (Å²) in [4.78, 5) is 17.6. The number of piperidine rings is 1. The number of hydroxylamine groups is 2. The fourth-order valence-corrected chi connectivity index (χ4v) is 3.00. The van der Waals surface area contributed by atoms with Crippen LogP contribution in [0.3, 0.4) is 0 Å². The van der Waals surface area contributed by atoms with Gasteiger partial charge in [-0.15, -0.1) is 0 Å². The van der Waals surface area contributed by atoms with Gasteiger partial charge in [0.05, 0.1) is 0 Å². The molecule has 0 aliphatic carbocycles. The van der Waals surface area contributed by atoms with Crippen LogP contribution in [-0.4, -0.2) is 33.6 Å². The van der Waals surface area contributed by atoms with E-state index in [4.69, 9.17) is 4.84 Å². The molecule has 0 spiro atoms. The third-order valence-electron chi connectivity index (χ3n) is 3.47. The van der Waals surface area contributed by atoms with E-state index in [1.54, 1.807) is 6.26 Å². The van der Waals surface area contributed by atoms with Crippen molar-refractivity contribution in [1.29, 1.82) is 0 Å². The van der Waals surface area contributed by atoms with Gasteiger partial charge < -0.3 is 0 Å². The van der Waals surface area contributed by atoms with E-state index in [1.165, 1.54) is 18.2 Å². The molecule has 1 heterocycles. The first kappa shape index (κ1) is 15.0. The van der Waals surface area contributed by atoms with Crippen LogP contribution in [0, 0.1) is 0 Å². The van der Waals surface area contributed by atoms with Gasteiger partial charge in [-0.05, 0) is 60.1 Å². The SMILES string of the molecule is CSC(=O)C(C)ON1C(C)(C)CCCC1(C)C. The zero-order valence-corrected chi connectivity index (χ0v) is 12.7. The summed E-state index contributed by atoms with van der Waals surface area (Å²) in [5, 5.41) is 2.13. The maximum atomic E-state index is 11.6. The standard InChI is InChI=1S/C13H25NO2S/c1-10(11(15)17-6)16-14-12(2,3)8-7-9-13(14,4)5/h10H,7-9H2,1-6H3. The summed E-state index contributed by atoms with van der Waals surface area (Å²) >= 11 is 1.23. The third kappa shape index (κ3) is 3.46. The molecule has 4 heteroatoms. The van der Waals surface area contributed by atoms with Gasteiger partial charge in [0.2, 0.25) is 5.12 Å². The van der Waals surface area contributed by atoms with E-state index < -0.39 is 0 Å². The van der Waals surface area contributed by atoms with E-state index in [1.807, 2.05) is 12.0 Å². The van der Waals surface area contributed by atoms with Gasteiger partial charge in [0.25, 0.3) is 0 Å². The molecule has 0 saturated carbocycles. The van der Waals surface area contributed by atoms with E-state index in [0.29, 0.717) is 0 Å². The van der Waals surface area contributed by atoms with Gasteiger partial charge in [0.15, 0.2) is 0 Å². The summed E-state index contributed by atoms with van der Waals surface area (Å²) < 4.78 is 0. The molecule has 100 valence electrons. The van der Waals surface area contributed by atoms with E-state index in [0.717, 1.165) is 12.8 Å². The lowest BCUT2D eigenvalue weighted by atomic mass is 9.82. The Kier molecular flexibility index (Phi) is 4.67. The third-order valence-corrected chi connectivity index (χ3v) is 4.21. The summed E-state index contributed by atoms with van der Waals surface area (Å²) in [6, 6.07) is 0. The topological polar surface area (TPSA) is 29.5 Å². The zero-order valence-electron chi connectivity index (χ0n) is 11.9. The summed E-state index contributed by atoms with van der Waals surface area (Å²) in [5.41, 5.74) is -0.0105. The zero-order chi connectivity index (χ0) is 13.3. The summed E-state index contributed by atoms with van der Waals surface area (Å²) in [5.74, 6) is 0. The lowest BCUT2D eigenvalue weighted by molar-refractivity contribution is -0.294. The van der Waals surface area contributed by atoms with Crippen molar-refractivity contribution < 1.29 is 9.63 Å². The van der Waals surface area contributed by atoms with Crippen molar-refractivity contribution in [2.45, 2.75) is 71.1 Å². The first-order valence-corrected chi connectivity index (χ1v) is 7.48. The van der Waals surface area contributed by atoms with Gasteiger partial charge in [0, 0.05) is 11.1 Å². The molecule has 3 nitrogen and oxygen atoms in total. The molecule has 1 saturated heterocycles. The Bertz CT molecular complexity index is 273. The lowest BCUT2D eigenvalue weighted by Gasteiger charge is -2.51. The molecule has 0 aromatic heterocycles. The lowest BCUT2D eigenvalue weighted by Crippen LogP contribution is -2.59. The molecule has 1 atom stereocenters. The van der Waals surface area contributed by atoms with Crippen LogP contribution < -0.4 is 0 Å². The molecule has 17 heavy (non-hydrogen) atoms. The van der Waals surface area contributed by atoms with Crippen LogP contribution in [0.4, 0.5) is 0 Å². The maximum absolute atomic E-state index is 11.6. The molecule has 1 unspecified atom stereocenters. The van der Waals surface area contributed by atoms with Crippen molar-refractivity contribution in [3.8, 4) is 0 Å². The number of thioether (sulfide) groups is 1. The van der Waals surface area contributed by atoms with E-state index in [2.05, 4.69) is 27.7 Å². The van der Waals surface area contributed by atoms with Crippen LogP contribution in [0.5, 0.6) is 0 Å². The highest BCUT2D eigenvalue weighted by molar-refractivity contribution is 8.13. The minimum absolute atomic E-state index is 0.00526. The molecule has 0 aromatic rings. The number of nitrogens with zero attached hydrogens (tertiary/aromatic N) is 1. The second-order valence-electron chi connectivity index (χ2n) is 6.04. The van der Waals surface area contributed by atoms with Gasteiger partial charge in [-0.25, -0.2) is 0 Å². The fraction of sp³-hybridized carbons (Fsp3) is 0.923. The number of carbonyl (C=O) groups excluding carboxylic acids is 1. The van der Waals surface area contributed by atoms with Crippen LogP contribution in [0.15, 0.2) is 0 Å². The Morgan fingerprint density at radius 1 is 1.24 bits per heavy atom. The molecule has 0 N–H and O–H groups in total. The molecule has 0 amide bonds. The van der Waals surface area contributed by atoms with E-state index in [9.17, 15) is 4.79 Å². The second-order valence-corrected chi connectivity index (χ2v) is 6.85. The highest BCUT2D eigenvalue weighted by atomic mass is 32.2. The largest absolute Gasteiger partial charge is 0.286 e. The number of hydrogen-bond acceptors (Lipinski definition) is 4. The molecule has 0 radical (unpaired) electrons. The van der Waals surface area contributed by atoms with Crippen LogP contribution in [0.2, 0.25) is 0 Å². The average molecular weight is 259 g/mol. The number of carbonyl (C=O) groups is 1. The molecule has 0 bridgehead atoms. The molecule has 1 aliphatic heterocycles. The summed E-state index contributed by atoms with van der Waals surface area (Å²) in [7, 11) is 0. The van der Waals surface area contributed by atoms with Crippen LogP contribution in [0.25, 0.3) is 0 Å². The molecule has 1 fully saturated rings. The van der Waals surface area contributed by atoms with Crippen molar-refractivity contribution in [2.75, 3.05) is 6.26 Å². The van der Waals surface area contributed by atoms with Crippen molar-refractivity contribution in [3.63, 3.8) is 0 Å². The molecular formula is C13H25NO2S. The molecule has 1 rings (SSSR count). The Labute approximate surface area is 109 Å². The molecular weight excluding hydrogens is 234 g/mol. The van der Waals surface area contributed by atoms with Crippen molar-refractivity contribution in [2.24, 2.45) is 0 Å². The van der Waals surface area contributed by atoms with Gasteiger partial charge in [0.1, 0.15) is 6.10 Å². The van der Waals surface area contributed by atoms with Crippen LogP contribution in [-0.2, 0) is 9.63 Å². The highest BCUT2D eigenvalue weighted by Gasteiger charge is 2.43. The molecule has 1 aliphatic rings. The second kappa shape index (κ2) is 5.29. The van der Waals surface area contributed by atoms with E-state index in [-0.39, 0.29) is 22.3 Å². The van der Waals surface area contributed by atoms with Gasteiger partial charge in [-0.1, -0.05) is 11.8 Å². The Morgan fingerprint density at radius 3 is 2.12 bits per heavy atom. The Balaban J connectivity index is 2.80. The first-order valence-electron chi connectivity index (χ1n) is 6.26. The van der Waals surface area contributed by atoms with Crippen molar-refractivity contribution in [1.82, 2.24) is 5.06 Å². The maximum Gasteiger partial charge on any atom is 0.219 e. The molecule has 0 aromatic carbocycles. The smallest absolute Gasteiger partial charge is 0.219 e. The number of hydrogen-bond donors (Lipinski definition) is 0. The van der Waals surface area contributed by atoms with Crippen molar-refractivity contribution >= 4 is 16.9 Å². The van der Waals surface area contributed by atoms with Crippen LogP contribution in [0.1, 0.15) is 53.9 Å². The van der Waals surface area contributed by atoms with Gasteiger partial charge in [-0.3, -0.25) is 9.63 Å². The predicted molar refractivity (Wildman–Crippen MR) is 72.9 cm³/mol. The van der Waals surface area contributed by atoms with Crippen molar-refractivity contribution in [3.05, 3.63) is 0 Å². The quantitative estimate of drug-likeness (QED) is 0.778. The van der Waals surface area contributed by atoms with Crippen LogP contribution >= 0.6 is 11.8 Å².